The van der Waals surface area contributed by atoms with Gasteiger partial charge in [-0.3, -0.25) is 0 Å². The molecule has 0 nitrogen and oxygen atoms in total. The minimum atomic E-state index is -8.27. The topological polar surface area (TPSA) is 0 Å². The first kappa shape index (κ1) is 33.0. The first-order valence-corrected chi connectivity index (χ1v) is 12.0. The van der Waals surface area contributed by atoms with E-state index >= 15 is 0 Å². The fourth-order valence-corrected chi connectivity index (χ4v) is 6.88. The number of hydrogen-bond donors (Lipinski definition) is 0. The van der Waals surface area contributed by atoms with Crippen molar-refractivity contribution in [2.45, 2.75) is 99.0 Å². The molecule has 206 valence electrons. The van der Waals surface area contributed by atoms with Crippen LogP contribution in [0.15, 0.2) is 0 Å². The third kappa shape index (κ3) is 4.59. The van der Waals surface area contributed by atoms with E-state index in [1.165, 1.54) is 0 Å². The number of rotatable bonds is 12. The van der Waals surface area contributed by atoms with Crippen molar-refractivity contribution in [3.8, 4) is 0 Å². The van der Waals surface area contributed by atoms with Crippen LogP contribution in [-0.2, 0) is 0 Å². The molecule has 0 bridgehead atoms. The van der Waals surface area contributed by atoms with Crippen molar-refractivity contribution in [2.24, 2.45) is 0 Å². The summed E-state index contributed by atoms with van der Waals surface area (Å²) < 4.78 is 231. The van der Waals surface area contributed by atoms with E-state index < -0.39 is 86.3 Å². The molecular formula is C16H19F17Si. The average Bonchev–Trinajstić information content (AvgIpc) is 2.66. The summed E-state index contributed by atoms with van der Waals surface area (Å²) in [5, 5.41) is 0. The molecule has 0 rings (SSSR count). The van der Waals surface area contributed by atoms with Gasteiger partial charge in [0.05, 0.1) is 0 Å². The fourth-order valence-electron chi connectivity index (χ4n) is 3.22. The van der Waals surface area contributed by atoms with E-state index in [9.17, 15) is 74.6 Å². The predicted octanol–water partition coefficient (Wildman–Crippen LogP) is 8.82. The number of halogens is 17. The smallest absolute Gasteiger partial charge is 0.205 e. The molecule has 18 heteroatoms. The largest absolute Gasteiger partial charge is 0.389 e. The van der Waals surface area contributed by atoms with E-state index in [-0.39, 0.29) is 0 Å². The minimum Gasteiger partial charge on any atom is -0.205 e. The Morgan fingerprint density at radius 1 is 0.412 bits per heavy atom. The van der Waals surface area contributed by atoms with Crippen molar-refractivity contribution in [3.05, 3.63) is 0 Å². The van der Waals surface area contributed by atoms with Crippen LogP contribution >= 0.6 is 0 Å². The maximum absolute atomic E-state index is 14.5. The van der Waals surface area contributed by atoms with Crippen molar-refractivity contribution in [3.63, 3.8) is 0 Å². The van der Waals surface area contributed by atoms with Crippen LogP contribution in [-0.4, -0.2) is 55.3 Å². The predicted molar refractivity (Wildman–Crippen MR) is 87.1 cm³/mol. The summed E-state index contributed by atoms with van der Waals surface area (Å²) in [6.07, 6.45) is -12.0. The minimum absolute atomic E-state index is 0.781. The highest BCUT2D eigenvalue weighted by molar-refractivity contribution is 6.82. The Labute approximate surface area is 182 Å². The number of alkyl halides is 17. The molecule has 0 atom stereocenters. The maximum atomic E-state index is 14.5. The van der Waals surface area contributed by atoms with Gasteiger partial charge in [0.1, 0.15) is 8.07 Å². The summed E-state index contributed by atoms with van der Waals surface area (Å²) >= 11 is 0. The summed E-state index contributed by atoms with van der Waals surface area (Å²) in [5.41, 5.74) is -6.13. The number of hydrogen-bond acceptors (Lipinski definition) is 0. The average molecular weight is 562 g/mol. The summed E-state index contributed by atoms with van der Waals surface area (Å²) in [5.74, 6) is -46.6. The molecule has 0 aromatic carbocycles. The molecule has 0 spiro atoms. The van der Waals surface area contributed by atoms with Crippen LogP contribution in [0.25, 0.3) is 0 Å². The molecule has 0 amide bonds. The molecule has 0 N–H and O–H groups in total. The van der Waals surface area contributed by atoms with Gasteiger partial charge in [0.15, 0.2) is 0 Å². The van der Waals surface area contributed by atoms with Crippen molar-refractivity contribution < 1.29 is 74.6 Å². The van der Waals surface area contributed by atoms with Gasteiger partial charge in [-0.1, -0.05) is 38.9 Å². The molecule has 0 aromatic heterocycles. The van der Waals surface area contributed by atoms with Crippen LogP contribution < -0.4 is 0 Å². The van der Waals surface area contributed by atoms with E-state index in [1.54, 1.807) is 0 Å². The summed E-state index contributed by atoms with van der Waals surface area (Å²) in [4.78, 5) is 0. The molecule has 0 radical (unpaired) electrons. The van der Waals surface area contributed by atoms with Gasteiger partial charge in [-0.2, -0.15) is 65.9 Å². The zero-order chi connectivity index (χ0) is 28.0. The van der Waals surface area contributed by atoms with Gasteiger partial charge < -0.3 is 0 Å². The quantitative estimate of drug-likeness (QED) is 0.165. The molecule has 0 heterocycles. The third-order valence-electron chi connectivity index (χ3n) is 5.85. The molecule has 0 aliphatic rings. The van der Waals surface area contributed by atoms with Gasteiger partial charge in [-0.15, -0.1) is 0 Å². The molecule has 0 unspecified atom stereocenters. The molecule has 0 saturated heterocycles. The second-order valence-corrected chi connectivity index (χ2v) is 12.9. The SMILES string of the molecule is CC[Si](CC)(CC)C(F)(F)C(F)(F)C(F)(F)C(F)(F)C(F)(F)C(F)(F)C(F)(F)CCC(F)(F)F. The molecule has 0 aromatic rings. The lowest BCUT2D eigenvalue weighted by Gasteiger charge is -2.46. The van der Waals surface area contributed by atoms with Gasteiger partial charge in [-0.25, -0.2) is 8.78 Å². The summed E-state index contributed by atoms with van der Waals surface area (Å²) in [6, 6.07) is -2.94. The van der Waals surface area contributed by atoms with E-state index in [1.807, 2.05) is 0 Å². The summed E-state index contributed by atoms with van der Waals surface area (Å²) in [7, 11) is -5.05. The highest BCUT2D eigenvalue weighted by Crippen LogP contribution is 2.64. The standard InChI is InChI=1S/C16H19F17Si/c1-4-34(5-2,6-3)16(32,33)15(30,31)14(28,29)13(26,27)12(24,25)11(22,23)9(17,18)7-8-10(19,20)21/h4-8H2,1-3H3. The van der Waals surface area contributed by atoms with E-state index in [0.29, 0.717) is 0 Å². The lowest BCUT2D eigenvalue weighted by Crippen LogP contribution is -2.76. The Balaban J connectivity index is 6.76. The second-order valence-electron chi connectivity index (χ2n) is 7.61. The highest BCUT2D eigenvalue weighted by atomic mass is 28.3. The van der Waals surface area contributed by atoms with Crippen molar-refractivity contribution >= 4 is 8.07 Å². The highest BCUT2D eigenvalue weighted by Gasteiger charge is 2.93. The Morgan fingerprint density at radius 2 is 0.706 bits per heavy atom. The van der Waals surface area contributed by atoms with Gasteiger partial charge in [0.2, 0.25) is 0 Å². The Kier molecular flexibility index (Phi) is 8.89. The fraction of sp³-hybridized carbons (Fsp3) is 1.00. The maximum Gasteiger partial charge on any atom is 0.389 e. The molecule has 0 aliphatic carbocycles. The van der Waals surface area contributed by atoms with Gasteiger partial charge in [-0.05, 0) is 0 Å². The normalized spacial score (nSPS) is 16.2. The second kappa shape index (κ2) is 9.16. The van der Waals surface area contributed by atoms with Gasteiger partial charge >= 0.3 is 41.7 Å². The lowest BCUT2D eigenvalue weighted by atomic mass is 9.90. The zero-order valence-corrected chi connectivity index (χ0v) is 18.5. The van der Waals surface area contributed by atoms with Crippen LogP contribution in [0.1, 0.15) is 33.6 Å². The van der Waals surface area contributed by atoms with Crippen molar-refractivity contribution in [1.82, 2.24) is 0 Å². The van der Waals surface area contributed by atoms with Crippen LogP contribution in [0.4, 0.5) is 74.6 Å². The van der Waals surface area contributed by atoms with E-state index in [2.05, 4.69) is 0 Å². The van der Waals surface area contributed by atoms with Crippen molar-refractivity contribution in [2.75, 3.05) is 0 Å². The third-order valence-corrected chi connectivity index (χ3v) is 11.6. The van der Waals surface area contributed by atoms with Crippen LogP contribution in [0.5, 0.6) is 0 Å². The molecule has 34 heavy (non-hydrogen) atoms. The molecule has 0 saturated carbocycles. The molecular weight excluding hydrogens is 543 g/mol. The Bertz CT molecular complexity index is 682. The monoisotopic (exact) mass is 562 g/mol. The van der Waals surface area contributed by atoms with Crippen LogP contribution in [0.2, 0.25) is 18.1 Å². The van der Waals surface area contributed by atoms with Gasteiger partial charge in [0.25, 0.3) is 5.55 Å². The van der Waals surface area contributed by atoms with E-state index in [4.69, 9.17) is 0 Å². The molecule has 0 aliphatic heterocycles. The van der Waals surface area contributed by atoms with Crippen LogP contribution in [0.3, 0.4) is 0 Å². The zero-order valence-electron chi connectivity index (χ0n) is 17.5. The summed E-state index contributed by atoms with van der Waals surface area (Å²) in [6.45, 7) is 2.34. The first-order valence-electron chi connectivity index (χ1n) is 9.35. The first-order chi connectivity index (χ1) is 14.6. The van der Waals surface area contributed by atoms with Gasteiger partial charge in [0, 0.05) is 12.8 Å². The lowest BCUT2D eigenvalue weighted by molar-refractivity contribution is -0.437. The Morgan fingerprint density at radius 3 is 1.00 bits per heavy atom. The Hall–Kier alpha value is -0.973. The van der Waals surface area contributed by atoms with Crippen LogP contribution in [0, 0.1) is 0 Å². The van der Waals surface area contributed by atoms with E-state index in [0.717, 1.165) is 20.8 Å². The molecule has 0 fully saturated rings. The van der Waals surface area contributed by atoms with Crippen molar-refractivity contribution in [1.29, 1.82) is 0 Å².